The van der Waals surface area contributed by atoms with Gasteiger partial charge in [0.2, 0.25) is 0 Å². The van der Waals surface area contributed by atoms with Gasteiger partial charge in [0.15, 0.2) is 18.1 Å². The molecule has 0 bridgehead atoms. The van der Waals surface area contributed by atoms with Crippen LogP contribution in [0.5, 0.6) is 11.5 Å². The maximum Gasteiger partial charge on any atom is 0.331 e. The van der Waals surface area contributed by atoms with E-state index in [1.807, 2.05) is 12.1 Å². The fourth-order valence-corrected chi connectivity index (χ4v) is 2.06. The van der Waals surface area contributed by atoms with Crippen molar-refractivity contribution in [3.8, 4) is 23.6 Å². The van der Waals surface area contributed by atoms with E-state index in [2.05, 4.69) is 0 Å². The first-order valence-corrected chi connectivity index (χ1v) is 7.68. The smallest absolute Gasteiger partial charge is 0.331 e. The lowest BCUT2D eigenvalue weighted by atomic mass is 10.1. The second-order valence-electron chi connectivity index (χ2n) is 5.11. The molecule has 0 radical (unpaired) electrons. The third-order valence-corrected chi connectivity index (χ3v) is 3.36. The van der Waals surface area contributed by atoms with Crippen LogP contribution in [0, 0.1) is 22.7 Å². The highest BCUT2D eigenvalue weighted by Crippen LogP contribution is 2.28. The Morgan fingerprint density at radius 2 is 1.88 bits per heavy atom. The fraction of sp³-hybridized carbons (Fsp3) is 0.150. The number of hydrogen-bond acceptors (Lipinski definition) is 6. The zero-order valence-corrected chi connectivity index (χ0v) is 14.1. The minimum Gasteiger partial charge on any atom is -0.493 e. The summed E-state index contributed by atoms with van der Waals surface area (Å²) in [6, 6.07) is 15.8. The molecule has 0 heterocycles. The van der Waals surface area contributed by atoms with Gasteiger partial charge >= 0.3 is 5.97 Å². The van der Waals surface area contributed by atoms with Gasteiger partial charge in [0.05, 0.1) is 18.7 Å². The number of carbonyl (C=O) groups is 1. The van der Waals surface area contributed by atoms with E-state index in [0.29, 0.717) is 17.1 Å². The minimum atomic E-state index is -0.488. The Morgan fingerprint density at radius 1 is 1.12 bits per heavy atom. The van der Waals surface area contributed by atoms with Crippen LogP contribution in [0.3, 0.4) is 0 Å². The number of ether oxygens (including phenoxy) is 3. The lowest BCUT2D eigenvalue weighted by Crippen LogP contribution is -2.00. The predicted molar refractivity (Wildman–Crippen MR) is 94.1 cm³/mol. The van der Waals surface area contributed by atoms with Crippen LogP contribution in [0.25, 0.3) is 6.08 Å². The van der Waals surface area contributed by atoms with Crippen LogP contribution in [0.4, 0.5) is 0 Å². The Balaban J connectivity index is 1.94. The first-order valence-electron chi connectivity index (χ1n) is 7.68. The monoisotopic (exact) mass is 348 g/mol. The van der Waals surface area contributed by atoms with E-state index < -0.39 is 5.97 Å². The topological polar surface area (TPSA) is 92.3 Å². The van der Waals surface area contributed by atoms with Crippen LogP contribution in [-0.4, -0.2) is 19.7 Å². The van der Waals surface area contributed by atoms with Gasteiger partial charge in [0.25, 0.3) is 0 Å². The summed E-state index contributed by atoms with van der Waals surface area (Å²) >= 11 is 0. The molecule has 0 amide bonds. The summed E-state index contributed by atoms with van der Waals surface area (Å²) in [5.74, 6) is 0.432. The Bertz CT molecular complexity index is 874. The first-order chi connectivity index (χ1) is 12.7. The predicted octanol–water partition coefficient (Wildman–Crippen LogP) is 3.23. The SMILES string of the molecule is COc1cc(C=CC(=O)OCc2ccc(C#N)cc2)ccc1OCC#N. The summed E-state index contributed by atoms with van der Waals surface area (Å²) in [5, 5.41) is 17.3. The van der Waals surface area contributed by atoms with E-state index in [0.717, 1.165) is 11.1 Å². The molecule has 0 spiro atoms. The molecule has 0 N–H and O–H groups in total. The Labute approximate surface area is 151 Å². The van der Waals surface area contributed by atoms with Crippen LogP contribution in [-0.2, 0) is 16.1 Å². The van der Waals surface area contributed by atoms with Gasteiger partial charge < -0.3 is 14.2 Å². The average molecular weight is 348 g/mol. The molecule has 6 heteroatoms. The Kier molecular flexibility index (Phi) is 6.79. The van der Waals surface area contributed by atoms with E-state index in [4.69, 9.17) is 24.7 Å². The van der Waals surface area contributed by atoms with E-state index in [-0.39, 0.29) is 13.2 Å². The zero-order valence-electron chi connectivity index (χ0n) is 14.1. The summed E-state index contributed by atoms with van der Waals surface area (Å²) in [7, 11) is 1.49. The Morgan fingerprint density at radius 3 is 2.54 bits per heavy atom. The number of methoxy groups -OCH3 is 1. The van der Waals surface area contributed by atoms with Gasteiger partial charge in [0, 0.05) is 6.08 Å². The molecular formula is C20H16N2O4. The quantitative estimate of drug-likeness (QED) is 0.563. The standard InChI is InChI=1S/C20H16N2O4/c1-24-19-12-15(6-8-18(19)25-11-10-21)7-9-20(23)26-14-17-4-2-16(13-22)3-5-17/h2-9,12H,11,14H2,1H3. The lowest BCUT2D eigenvalue weighted by molar-refractivity contribution is -0.138. The molecule has 0 aliphatic rings. The van der Waals surface area contributed by atoms with Gasteiger partial charge in [-0.2, -0.15) is 10.5 Å². The highest BCUT2D eigenvalue weighted by molar-refractivity contribution is 5.87. The van der Waals surface area contributed by atoms with Crippen molar-refractivity contribution < 1.29 is 19.0 Å². The molecule has 0 atom stereocenters. The molecule has 26 heavy (non-hydrogen) atoms. The van der Waals surface area contributed by atoms with Gasteiger partial charge in [-0.3, -0.25) is 0 Å². The molecular weight excluding hydrogens is 332 g/mol. The van der Waals surface area contributed by atoms with Gasteiger partial charge in [-0.25, -0.2) is 4.79 Å². The molecule has 0 aliphatic carbocycles. The third-order valence-electron chi connectivity index (χ3n) is 3.36. The number of esters is 1. The van der Waals surface area contributed by atoms with E-state index in [9.17, 15) is 4.79 Å². The fourth-order valence-electron chi connectivity index (χ4n) is 2.06. The second kappa shape index (κ2) is 9.51. The van der Waals surface area contributed by atoms with Crippen molar-refractivity contribution in [3.63, 3.8) is 0 Å². The third kappa shape index (κ3) is 5.40. The summed E-state index contributed by atoms with van der Waals surface area (Å²) in [4.78, 5) is 11.8. The van der Waals surface area contributed by atoms with Crippen molar-refractivity contribution in [2.75, 3.05) is 13.7 Å². The molecule has 6 nitrogen and oxygen atoms in total. The Hall–Kier alpha value is -3.77. The van der Waals surface area contributed by atoms with Gasteiger partial charge in [-0.15, -0.1) is 0 Å². The highest BCUT2D eigenvalue weighted by atomic mass is 16.5. The number of rotatable bonds is 7. The molecule has 2 aromatic rings. The van der Waals surface area contributed by atoms with Crippen LogP contribution < -0.4 is 9.47 Å². The molecule has 0 aliphatic heterocycles. The number of benzene rings is 2. The first kappa shape index (κ1) is 18.6. The van der Waals surface area contributed by atoms with Gasteiger partial charge in [-0.1, -0.05) is 18.2 Å². The number of nitriles is 2. The van der Waals surface area contributed by atoms with E-state index in [1.54, 1.807) is 48.5 Å². The maximum atomic E-state index is 11.8. The molecule has 0 fully saturated rings. The van der Waals surface area contributed by atoms with Crippen LogP contribution in [0.15, 0.2) is 48.5 Å². The highest BCUT2D eigenvalue weighted by Gasteiger charge is 2.05. The molecule has 130 valence electrons. The molecule has 2 aromatic carbocycles. The molecule has 0 unspecified atom stereocenters. The number of hydrogen-bond donors (Lipinski definition) is 0. The summed E-state index contributed by atoms with van der Waals surface area (Å²) in [6.07, 6.45) is 2.91. The maximum absolute atomic E-state index is 11.8. The normalized spacial score (nSPS) is 9.96. The molecule has 0 aromatic heterocycles. The average Bonchev–Trinajstić information content (AvgIpc) is 2.69. The van der Waals surface area contributed by atoms with Crippen molar-refractivity contribution in [1.29, 1.82) is 10.5 Å². The van der Waals surface area contributed by atoms with Crippen molar-refractivity contribution >= 4 is 12.0 Å². The van der Waals surface area contributed by atoms with Crippen LogP contribution in [0.1, 0.15) is 16.7 Å². The van der Waals surface area contributed by atoms with E-state index >= 15 is 0 Å². The zero-order chi connectivity index (χ0) is 18.8. The van der Waals surface area contributed by atoms with Crippen molar-refractivity contribution in [3.05, 3.63) is 65.2 Å². The number of carbonyl (C=O) groups excluding carboxylic acids is 1. The minimum absolute atomic E-state index is 0.0762. The van der Waals surface area contributed by atoms with Gasteiger partial charge in [-0.05, 0) is 41.5 Å². The molecule has 2 rings (SSSR count). The van der Waals surface area contributed by atoms with Crippen molar-refractivity contribution in [2.24, 2.45) is 0 Å². The molecule has 0 saturated heterocycles. The van der Waals surface area contributed by atoms with Crippen LogP contribution >= 0.6 is 0 Å². The summed E-state index contributed by atoms with van der Waals surface area (Å²) in [5.41, 5.74) is 2.07. The number of nitrogens with zero attached hydrogens (tertiary/aromatic N) is 2. The van der Waals surface area contributed by atoms with Crippen molar-refractivity contribution in [2.45, 2.75) is 6.61 Å². The van der Waals surface area contributed by atoms with E-state index in [1.165, 1.54) is 13.2 Å². The lowest BCUT2D eigenvalue weighted by Gasteiger charge is -2.08. The molecule has 0 saturated carbocycles. The van der Waals surface area contributed by atoms with Crippen LogP contribution in [0.2, 0.25) is 0 Å². The van der Waals surface area contributed by atoms with Crippen molar-refractivity contribution in [1.82, 2.24) is 0 Å². The largest absolute Gasteiger partial charge is 0.493 e. The van der Waals surface area contributed by atoms with Gasteiger partial charge in [0.1, 0.15) is 12.7 Å². The summed E-state index contributed by atoms with van der Waals surface area (Å²) in [6.45, 7) is 0.0480. The summed E-state index contributed by atoms with van der Waals surface area (Å²) < 4.78 is 15.6. The second-order valence-corrected chi connectivity index (χ2v) is 5.11.